The molecular weight excluding hydrogens is 312 g/mol. The van der Waals surface area contributed by atoms with E-state index in [1.54, 1.807) is 0 Å². The van der Waals surface area contributed by atoms with Crippen LogP contribution < -0.4 is 0 Å². The van der Waals surface area contributed by atoms with E-state index in [-0.39, 0.29) is 17.4 Å². The summed E-state index contributed by atoms with van der Waals surface area (Å²) in [5.41, 5.74) is 2.30. The van der Waals surface area contributed by atoms with Crippen LogP contribution in [0.25, 0.3) is 0 Å². The third kappa shape index (κ3) is 2.89. The zero-order chi connectivity index (χ0) is 18.4. The second kappa shape index (κ2) is 6.57. The van der Waals surface area contributed by atoms with Crippen molar-refractivity contribution in [3.8, 4) is 0 Å². The van der Waals surface area contributed by atoms with Crippen LogP contribution in [0.15, 0.2) is 23.3 Å². The minimum atomic E-state index is -0.615. The molecule has 3 aliphatic carbocycles. The maximum absolute atomic E-state index is 12.1. The first kappa shape index (κ1) is 18.7. The first-order valence-electron chi connectivity index (χ1n) is 10.0. The van der Waals surface area contributed by atoms with E-state index in [2.05, 4.69) is 39.8 Å². The summed E-state index contributed by atoms with van der Waals surface area (Å²) in [6.07, 6.45) is 9.76. The van der Waals surface area contributed by atoms with Gasteiger partial charge in [0.15, 0.2) is 0 Å². The fourth-order valence-electron chi connectivity index (χ4n) is 6.00. The number of aliphatic carboxylic acids is 1. The molecule has 0 bridgehead atoms. The summed E-state index contributed by atoms with van der Waals surface area (Å²) >= 11 is 0. The lowest BCUT2D eigenvalue weighted by Crippen LogP contribution is -2.53. The van der Waals surface area contributed by atoms with Crippen LogP contribution >= 0.6 is 0 Å². The van der Waals surface area contributed by atoms with E-state index < -0.39 is 11.4 Å². The molecule has 5 unspecified atom stereocenters. The van der Waals surface area contributed by atoms with Gasteiger partial charge in [-0.05, 0) is 73.8 Å². The smallest absolute Gasteiger partial charge is 0.309 e. The highest BCUT2D eigenvalue weighted by Gasteiger charge is 2.57. The molecule has 3 heteroatoms. The number of carboxylic acids is 1. The van der Waals surface area contributed by atoms with Crippen LogP contribution in [0.2, 0.25) is 0 Å². The monoisotopic (exact) mass is 346 g/mol. The van der Waals surface area contributed by atoms with Gasteiger partial charge >= 0.3 is 5.97 Å². The Labute approximate surface area is 152 Å². The van der Waals surface area contributed by atoms with Gasteiger partial charge in [0.2, 0.25) is 0 Å². The Kier molecular flexibility index (Phi) is 4.91. The average Bonchev–Trinajstić information content (AvgIpc) is 2.54. The van der Waals surface area contributed by atoms with Crippen LogP contribution in [0.5, 0.6) is 0 Å². The molecule has 0 amide bonds. The summed E-state index contributed by atoms with van der Waals surface area (Å²) in [6, 6.07) is 0. The van der Waals surface area contributed by atoms with E-state index in [0.717, 1.165) is 38.7 Å². The highest BCUT2D eigenvalue weighted by atomic mass is 16.5. The molecule has 0 aliphatic heterocycles. The number of allylic oxidation sites excluding steroid dienone is 3. The van der Waals surface area contributed by atoms with Crippen molar-refractivity contribution in [2.75, 3.05) is 6.61 Å². The lowest BCUT2D eigenvalue weighted by atomic mass is 9.46. The Balaban J connectivity index is 2.02. The molecule has 0 aromatic heterocycles. The number of hydrogen-bond donors (Lipinski definition) is 1. The molecule has 3 rings (SSSR count). The molecule has 0 aromatic carbocycles. The van der Waals surface area contributed by atoms with Crippen molar-refractivity contribution < 1.29 is 14.6 Å². The van der Waals surface area contributed by atoms with Gasteiger partial charge in [-0.1, -0.05) is 39.3 Å². The predicted octanol–water partition coefficient (Wildman–Crippen LogP) is 5.22. The summed E-state index contributed by atoms with van der Waals surface area (Å²) in [7, 11) is 0. The van der Waals surface area contributed by atoms with Crippen molar-refractivity contribution in [3.63, 3.8) is 0 Å². The summed E-state index contributed by atoms with van der Waals surface area (Å²) < 4.78 is 6.12. The van der Waals surface area contributed by atoms with Gasteiger partial charge in [0.05, 0.1) is 11.5 Å². The molecule has 3 nitrogen and oxygen atoms in total. The Bertz CT molecular complexity index is 602. The minimum Gasteiger partial charge on any atom is -0.481 e. The summed E-state index contributed by atoms with van der Waals surface area (Å²) in [5.74, 6) is 0.510. The normalized spacial score (nSPS) is 40.8. The van der Waals surface area contributed by atoms with Crippen LogP contribution in [0.4, 0.5) is 0 Å². The zero-order valence-electron chi connectivity index (χ0n) is 16.5. The van der Waals surface area contributed by atoms with Crippen molar-refractivity contribution in [2.45, 2.75) is 72.8 Å². The van der Waals surface area contributed by atoms with Gasteiger partial charge < -0.3 is 9.84 Å². The molecular formula is C22H34O3. The molecule has 5 atom stereocenters. The zero-order valence-corrected chi connectivity index (χ0v) is 16.5. The van der Waals surface area contributed by atoms with E-state index in [1.807, 2.05) is 6.92 Å². The average molecular weight is 347 g/mol. The van der Waals surface area contributed by atoms with E-state index in [0.29, 0.717) is 11.8 Å². The largest absolute Gasteiger partial charge is 0.481 e. The Morgan fingerprint density at radius 2 is 2.08 bits per heavy atom. The van der Waals surface area contributed by atoms with Crippen molar-refractivity contribution >= 4 is 5.97 Å². The molecule has 3 aliphatic rings. The lowest BCUT2D eigenvalue weighted by molar-refractivity contribution is -0.163. The first-order chi connectivity index (χ1) is 11.7. The number of ether oxygens (including phenoxy) is 1. The first-order valence-corrected chi connectivity index (χ1v) is 10.0. The molecule has 140 valence electrons. The number of carboxylic acid groups (broad SMARTS) is 1. The summed E-state index contributed by atoms with van der Waals surface area (Å²) in [6.45, 7) is 11.6. The van der Waals surface area contributed by atoms with E-state index in [9.17, 15) is 9.90 Å². The van der Waals surface area contributed by atoms with Gasteiger partial charge in [-0.25, -0.2) is 0 Å². The van der Waals surface area contributed by atoms with Gasteiger partial charge in [-0.3, -0.25) is 4.79 Å². The molecule has 0 radical (unpaired) electrons. The Morgan fingerprint density at radius 3 is 2.68 bits per heavy atom. The second-order valence-corrected chi connectivity index (χ2v) is 9.11. The highest BCUT2D eigenvalue weighted by Crippen LogP contribution is 2.62. The van der Waals surface area contributed by atoms with Crippen molar-refractivity contribution in [3.05, 3.63) is 23.3 Å². The van der Waals surface area contributed by atoms with Crippen molar-refractivity contribution in [1.29, 1.82) is 0 Å². The van der Waals surface area contributed by atoms with Crippen LogP contribution in [-0.2, 0) is 9.53 Å². The Morgan fingerprint density at radius 1 is 1.36 bits per heavy atom. The number of fused-ring (bicyclic) bond motifs is 3. The molecule has 0 spiro atoms. The van der Waals surface area contributed by atoms with Crippen molar-refractivity contribution in [1.82, 2.24) is 0 Å². The third-order valence-electron chi connectivity index (χ3n) is 7.44. The molecule has 1 saturated carbocycles. The maximum Gasteiger partial charge on any atom is 0.309 e. The molecule has 0 saturated heterocycles. The molecule has 1 fully saturated rings. The van der Waals surface area contributed by atoms with Crippen molar-refractivity contribution in [2.24, 2.45) is 28.6 Å². The fourth-order valence-corrected chi connectivity index (χ4v) is 6.00. The summed E-state index contributed by atoms with van der Waals surface area (Å²) in [5, 5.41) is 9.94. The number of carbonyl (C=O) groups is 1. The molecule has 25 heavy (non-hydrogen) atoms. The van der Waals surface area contributed by atoms with Crippen LogP contribution in [-0.4, -0.2) is 23.8 Å². The van der Waals surface area contributed by atoms with Crippen LogP contribution in [0, 0.1) is 28.6 Å². The van der Waals surface area contributed by atoms with Gasteiger partial charge in [-0.15, -0.1) is 0 Å². The van der Waals surface area contributed by atoms with Crippen LogP contribution in [0.3, 0.4) is 0 Å². The molecule has 1 N–H and O–H groups in total. The summed E-state index contributed by atoms with van der Waals surface area (Å²) in [4.78, 5) is 12.1. The van der Waals surface area contributed by atoms with Gasteiger partial charge in [-0.2, -0.15) is 0 Å². The number of rotatable bonds is 4. The Hall–Kier alpha value is -1.09. The quantitative estimate of drug-likeness (QED) is 0.759. The lowest BCUT2D eigenvalue weighted by Gasteiger charge is -2.57. The van der Waals surface area contributed by atoms with E-state index in [1.165, 1.54) is 11.1 Å². The standard InChI is InChI=1S/C22H34O3/c1-6-25-18-13-17-15(12-16(18)14(2)3)8-9-19-21(17,4)10-7-11-22(19,5)20(23)24/h8,12,14,17-19H,6-7,9-11,13H2,1-5H3,(H,23,24). The SMILES string of the molecule is CCOC1CC2C(=CCC3C(C)(C(=O)O)CCCC23C)C=C1C(C)C. The van der Waals surface area contributed by atoms with E-state index >= 15 is 0 Å². The minimum absolute atomic E-state index is 0.0594. The molecule has 0 aromatic rings. The van der Waals surface area contributed by atoms with Gasteiger partial charge in [0, 0.05) is 6.61 Å². The highest BCUT2D eigenvalue weighted by molar-refractivity contribution is 5.75. The maximum atomic E-state index is 12.1. The van der Waals surface area contributed by atoms with Gasteiger partial charge in [0.1, 0.15) is 0 Å². The van der Waals surface area contributed by atoms with Gasteiger partial charge in [0.25, 0.3) is 0 Å². The number of hydrogen-bond acceptors (Lipinski definition) is 2. The van der Waals surface area contributed by atoms with E-state index in [4.69, 9.17) is 4.74 Å². The predicted molar refractivity (Wildman–Crippen MR) is 100 cm³/mol. The second-order valence-electron chi connectivity index (χ2n) is 9.11. The topological polar surface area (TPSA) is 46.5 Å². The molecule has 0 heterocycles. The fraction of sp³-hybridized carbons (Fsp3) is 0.773. The third-order valence-corrected chi connectivity index (χ3v) is 7.44. The van der Waals surface area contributed by atoms with Crippen LogP contribution in [0.1, 0.15) is 66.7 Å².